The SMILES string of the molecule is CCCCCC1=Cc2ccc(-c3ccc(CC)c(F)c3F)c(F)c2CC1. The molecule has 1 aliphatic rings. The van der Waals surface area contributed by atoms with Crippen LogP contribution in [0.15, 0.2) is 29.8 Å². The molecule has 0 amide bonds. The van der Waals surface area contributed by atoms with Gasteiger partial charge in [-0.1, -0.05) is 62.6 Å². The van der Waals surface area contributed by atoms with Gasteiger partial charge in [-0.3, -0.25) is 0 Å². The van der Waals surface area contributed by atoms with E-state index in [1.165, 1.54) is 24.5 Å². The van der Waals surface area contributed by atoms with Crippen LogP contribution in [0.5, 0.6) is 0 Å². The van der Waals surface area contributed by atoms with E-state index in [1.807, 2.05) is 6.07 Å². The van der Waals surface area contributed by atoms with Crippen LogP contribution in [0.25, 0.3) is 17.2 Å². The maximum absolute atomic E-state index is 15.0. The Balaban J connectivity index is 1.95. The lowest BCUT2D eigenvalue weighted by Gasteiger charge is -2.19. The van der Waals surface area contributed by atoms with Crippen LogP contribution >= 0.6 is 0 Å². The molecule has 3 heteroatoms. The summed E-state index contributed by atoms with van der Waals surface area (Å²) in [6, 6.07) is 6.43. The van der Waals surface area contributed by atoms with Crippen molar-refractivity contribution in [2.75, 3.05) is 0 Å². The molecule has 0 spiro atoms. The van der Waals surface area contributed by atoms with Gasteiger partial charge in [0.1, 0.15) is 5.82 Å². The molecule has 2 aromatic rings. The fraction of sp³-hybridized carbons (Fsp3) is 0.391. The first kappa shape index (κ1) is 18.8. The van der Waals surface area contributed by atoms with Gasteiger partial charge in [0.25, 0.3) is 0 Å². The highest BCUT2D eigenvalue weighted by molar-refractivity contribution is 5.71. The summed E-state index contributed by atoms with van der Waals surface area (Å²) in [5.41, 5.74) is 3.28. The third kappa shape index (κ3) is 3.58. The van der Waals surface area contributed by atoms with Crippen molar-refractivity contribution in [3.05, 3.63) is 64.0 Å². The summed E-state index contributed by atoms with van der Waals surface area (Å²) in [4.78, 5) is 0. The fourth-order valence-corrected chi connectivity index (χ4v) is 3.68. The van der Waals surface area contributed by atoms with Crippen LogP contribution in [-0.4, -0.2) is 0 Å². The molecule has 0 N–H and O–H groups in total. The van der Waals surface area contributed by atoms with Crippen molar-refractivity contribution in [2.45, 2.75) is 58.8 Å². The van der Waals surface area contributed by atoms with Crippen molar-refractivity contribution >= 4 is 6.08 Å². The molecule has 0 unspecified atom stereocenters. The molecule has 0 aliphatic heterocycles. The van der Waals surface area contributed by atoms with Crippen molar-refractivity contribution in [2.24, 2.45) is 0 Å². The Labute approximate surface area is 153 Å². The molecule has 0 aromatic heterocycles. The number of hydrogen-bond acceptors (Lipinski definition) is 0. The molecule has 0 heterocycles. The van der Waals surface area contributed by atoms with Crippen molar-refractivity contribution in [3.63, 3.8) is 0 Å². The molecular weight excluding hydrogens is 333 g/mol. The van der Waals surface area contributed by atoms with Crippen LogP contribution in [0.1, 0.15) is 62.6 Å². The van der Waals surface area contributed by atoms with E-state index in [0.29, 0.717) is 24.0 Å². The number of rotatable bonds is 6. The zero-order chi connectivity index (χ0) is 18.7. The number of benzene rings is 2. The summed E-state index contributed by atoms with van der Waals surface area (Å²) in [5, 5.41) is 0. The second-order valence-electron chi connectivity index (χ2n) is 7.01. The minimum absolute atomic E-state index is 0.00211. The molecule has 3 rings (SSSR count). The zero-order valence-corrected chi connectivity index (χ0v) is 15.5. The predicted molar refractivity (Wildman–Crippen MR) is 102 cm³/mol. The number of aryl methyl sites for hydroxylation is 1. The van der Waals surface area contributed by atoms with E-state index < -0.39 is 17.5 Å². The van der Waals surface area contributed by atoms with E-state index in [2.05, 4.69) is 13.0 Å². The highest BCUT2D eigenvalue weighted by atomic mass is 19.2. The normalized spacial score (nSPS) is 13.5. The van der Waals surface area contributed by atoms with Gasteiger partial charge in [-0.05, 0) is 48.8 Å². The molecule has 0 bridgehead atoms. The average molecular weight is 358 g/mol. The molecule has 0 saturated carbocycles. The predicted octanol–water partition coefficient (Wildman–Crippen LogP) is 7.24. The Morgan fingerprint density at radius 2 is 1.54 bits per heavy atom. The topological polar surface area (TPSA) is 0 Å². The number of halogens is 3. The first-order valence-electron chi connectivity index (χ1n) is 9.54. The highest BCUT2D eigenvalue weighted by Gasteiger charge is 2.21. The van der Waals surface area contributed by atoms with Gasteiger partial charge in [0, 0.05) is 11.1 Å². The van der Waals surface area contributed by atoms with Crippen LogP contribution in [0, 0.1) is 17.5 Å². The minimum atomic E-state index is -0.963. The Morgan fingerprint density at radius 1 is 0.808 bits per heavy atom. The lowest BCUT2D eigenvalue weighted by Crippen LogP contribution is -2.05. The largest absolute Gasteiger partial charge is 0.206 e. The molecule has 138 valence electrons. The van der Waals surface area contributed by atoms with E-state index in [1.54, 1.807) is 19.1 Å². The van der Waals surface area contributed by atoms with Gasteiger partial charge < -0.3 is 0 Å². The molecular formula is C23H25F3. The molecule has 0 nitrogen and oxygen atoms in total. The van der Waals surface area contributed by atoms with Crippen LogP contribution in [0.4, 0.5) is 13.2 Å². The van der Waals surface area contributed by atoms with Gasteiger partial charge in [-0.15, -0.1) is 0 Å². The zero-order valence-electron chi connectivity index (χ0n) is 15.5. The number of unbranched alkanes of at least 4 members (excludes halogenated alkanes) is 2. The van der Waals surface area contributed by atoms with E-state index in [0.717, 1.165) is 24.8 Å². The third-order valence-electron chi connectivity index (χ3n) is 5.27. The molecule has 0 atom stereocenters. The highest BCUT2D eigenvalue weighted by Crippen LogP contribution is 2.35. The summed E-state index contributed by atoms with van der Waals surface area (Å²) in [7, 11) is 0. The second kappa shape index (κ2) is 8.11. The van der Waals surface area contributed by atoms with Gasteiger partial charge in [0.15, 0.2) is 11.6 Å². The van der Waals surface area contributed by atoms with Crippen LogP contribution in [0.3, 0.4) is 0 Å². The molecule has 1 aliphatic carbocycles. The number of fused-ring (bicyclic) bond motifs is 1. The Morgan fingerprint density at radius 3 is 2.27 bits per heavy atom. The monoisotopic (exact) mass is 358 g/mol. The van der Waals surface area contributed by atoms with Crippen molar-refractivity contribution in [1.82, 2.24) is 0 Å². The summed E-state index contributed by atoms with van der Waals surface area (Å²) in [5.74, 6) is -2.26. The molecule has 0 saturated heterocycles. The Kier molecular flexibility index (Phi) is 5.85. The van der Waals surface area contributed by atoms with Gasteiger partial charge in [0.2, 0.25) is 0 Å². The van der Waals surface area contributed by atoms with Crippen LogP contribution in [0.2, 0.25) is 0 Å². The van der Waals surface area contributed by atoms with Gasteiger partial charge >= 0.3 is 0 Å². The van der Waals surface area contributed by atoms with E-state index in [4.69, 9.17) is 0 Å². The van der Waals surface area contributed by atoms with Gasteiger partial charge in [0.05, 0.1) is 0 Å². The van der Waals surface area contributed by atoms with Crippen LogP contribution < -0.4 is 0 Å². The number of allylic oxidation sites excluding steroid dienone is 1. The quantitative estimate of drug-likeness (QED) is 0.477. The molecule has 2 aromatic carbocycles. The lowest BCUT2D eigenvalue weighted by atomic mass is 9.87. The van der Waals surface area contributed by atoms with Gasteiger partial charge in [-0.2, -0.15) is 0 Å². The average Bonchev–Trinajstić information content (AvgIpc) is 2.65. The maximum Gasteiger partial charge on any atom is 0.167 e. The van der Waals surface area contributed by atoms with E-state index in [9.17, 15) is 8.78 Å². The Hall–Kier alpha value is -2.03. The van der Waals surface area contributed by atoms with Gasteiger partial charge in [-0.25, -0.2) is 13.2 Å². The van der Waals surface area contributed by atoms with E-state index >= 15 is 4.39 Å². The Bertz CT molecular complexity index is 834. The van der Waals surface area contributed by atoms with E-state index in [-0.39, 0.29) is 11.1 Å². The van der Waals surface area contributed by atoms with Crippen molar-refractivity contribution in [1.29, 1.82) is 0 Å². The molecule has 0 radical (unpaired) electrons. The first-order chi connectivity index (χ1) is 12.6. The standard InChI is InChI=1S/C23H25F3/c1-3-5-6-7-15-8-11-18-17(14-15)10-13-19(22(18)25)20-12-9-16(4-2)21(24)23(20)26/h9-10,12-14H,3-8,11H2,1-2H3. The summed E-state index contributed by atoms with van der Waals surface area (Å²) in [6.07, 6.45) is 8.52. The minimum Gasteiger partial charge on any atom is -0.206 e. The fourth-order valence-electron chi connectivity index (χ4n) is 3.68. The van der Waals surface area contributed by atoms with Crippen molar-refractivity contribution < 1.29 is 13.2 Å². The van der Waals surface area contributed by atoms with Crippen molar-refractivity contribution in [3.8, 4) is 11.1 Å². The number of hydrogen-bond donors (Lipinski definition) is 0. The maximum atomic E-state index is 15.0. The molecule has 0 fully saturated rings. The third-order valence-corrected chi connectivity index (χ3v) is 5.27. The molecule has 26 heavy (non-hydrogen) atoms. The summed E-state index contributed by atoms with van der Waals surface area (Å²) >= 11 is 0. The summed E-state index contributed by atoms with van der Waals surface area (Å²) in [6.45, 7) is 3.94. The first-order valence-corrected chi connectivity index (χ1v) is 9.54. The van der Waals surface area contributed by atoms with Crippen LogP contribution in [-0.2, 0) is 12.8 Å². The lowest BCUT2D eigenvalue weighted by molar-refractivity contribution is 0.501. The smallest absolute Gasteiger partial charge is 0.167 e. The summed E-state index contributed by atoms with van der Waals surface area (Å²) < 4.78 is 43.6. The second-order valence-corrected chi connectivity index (χ2v) is 7.01.